The first-order valence-corrected chi connectivity index (χ1v) is 8.22. The Morgan fingerprint density at radius 2 is 2.12 bits per heavy atom. The lowest BCUT2D eigenvalue weighted by molar-refractivity contribution is -0.148. The average Bonchev–Trinajstić information content (AvgIpc) is 3.07. The molecule has 136 valence electrons. The molecule has 1 heterocycles. The summed E-state index contributed by atoms with van der Waals surface area (Å²) in [7, 11) is 0. The first kappa shape index (κ1) is 19.1. The van der Waals surface area contributed by atoms with E-state index in [9.17, 15) is 14.4 Å². The zero-order chi connectivity index (χ0) is 19.1. The fraction of sp³-hybridized carbons (Fsp3) is 0.263. The Morgan fingerprint density at radius 3 is 2.81 bits per heavy atom. The largest absolute Gasteiger partial charge is 0.449 e. The minimum Gasteiger partial charge on any atom is -0.449 e. The number of hydrogen-bond donors (Lipinski definition) is 1. The van der Waals surface area contributed by atoms with Gasteiger partial charge in [-0.1, -0.05) is 12.1 Å². The molecule has 26 heavy (non-hydrogen) atoms. The molecule has 0 aliphatic heterocycles. The third-order valence-electron chi connectivity index (χ3n) is 3.66. The van der Waals surface area contributed by atoms with E-state index in [0.29, 0.717) is 17.1 Å². The molecular formula is C19H21N3O4. The van der Waals surface area contributed by atoms with Crippen LogP contribution in [0.15, 0.2) is 42.7 Å². The maximum Gasteiger partial charge on any atom is 0.331 e. The number of rotatable bonds is 7. The smallest absolute Gasteiger partial charge is 0.331 e. The fourth-order valence-corrected chi connectivity index (χ4v) is 2.22. The minimum atomic E-state index is -0.987. The van der Waals surface area contributed by atoms with Crippen LogP contribution in [0.3, 0.4) is 0 Å². The minimum absolute atomic E-state index is 0.101. The van der Waals surface area contributed by atoms with Crippen LogP contribution in [0, 0.1) is 0 Å². The van der Waals surface area contributed by atoms with Crippen LogP contribution in [-0.4, -0.2) is 33.3 Å². The predicted octanol–water partition coefficient (Wildman–Crippen LogP) is 2.69. The second-order valence-corrected chi connectivity index (χ2v) is 5.61. The number of esters is 1. The molecule has 2 aromatic rings. The second-order valence-electron chi connectivity index (χ2n) is 5.61. The number of amides is 1. The molecule has 0 aliphatic rings. The van der Waals surface area contributed by atoms with Crippen molar-refractivity contribution in [2.45, 2.75) is 33.4 Å². The predicted molar refractivity (Wildman–Crippen MR) is 97.6 cm³/mol. The molecule has 7 heteroatoms. The summed E-state index contributed by atoms with van der Waals surface area (Å²) in [6.45, 7) is 5.61. The van der Waals surface area contributed by atoms with Gasteiger partial charge in [-0.05, 0) is 39.0 Å². The van der Waals surface area contributed by atoms with Crippen molar-refractivity contribution in [2.75, 3.05) is 5.32 Å². The van der Waals surface area contributed by atoms with Gasteiger partial charge >= 0.3 is 5.97 Å². The number of aryl methyl sites for hydroxylation is 1. The van der Waals surface area contributed by atoms with Gasteiger partial charge in [0.05, 0.1) is 0 Å². The lowest BCUT2D eigenvalue weighted by Gasteiger charge is -2.12. The zero-order valence-electron chi connectivity index (χ0n) is 14.9. The van der Waals surface area contributed by atoms with Crippen LogP contribution in [0.2, 0.25) is 0 Å². The molecule has 1 atom stereocenters. The lowest BCUT2D eigenvalue weighted by Crippen LogP contribution is -2.29. The van der Waals surface area contributed by atoms with Crippen molar-refractivity contribution >= 4 is 29.4 Å². The second kappa shape index (κ2) is 8.75. The Hall–Kier alpha value is -3.22. The number of benzene rings is 1. The van der Waals surface area contributed by atoms with Crippen molar-refractivity contribution in [2.24, 2.45) is 0 Å². The molecular weight excluding hydrogens is 334 g/mol. The highest BCUT2D eigenvalue weighted by Crippen LogP contribution is 2.12. The molecule has 0 fully saturated rings. The first-order valence-electron chi connectivity index (χ1n) is 8.22. The summed E-state index contributed by atoms with van der Waals surface area (Å²) in [6, 6.07) is 6.55. The van der Waals surface area contributed by atoms with Gasteiger partial charge in [0.2, 0.25) is 0 Å². The Balaban J connectivity index is 1.93. The maximum absolute atomic E-state index is 12.1. The molecule has 0 radical (unpaired) electrons. The van der Waals surface area contributed by atoms with E-state index < -0.39 is 18.0 Å². The number of carbonyl (C=O) groups is 3. The molecule has 1 N–H and O–H groups in total. The van der Waals surface area contributed by atoms with Crippen LogP contribution in [0.25, 0.3) is 6.08 Å². The van der Waals surface area contributed by atoms with Gasteiger partial charge in [0.15, 0.2) is 11.9 Å². The molecule has 0 saturated heterocycles. The molecule has 0 bridgehead atoms. The molecule has 2 rings (SSSR count). The Bertz CT molecular complexity index is 839. The van der Waals surface area contributed by atoms with Crippen molar-refractivity contribution < 1.29 is 19.1 Å². The molecule has 0 spiro atoms. The van der Waals surface area contributed by atoms with Gasteiger partial charge in [0.1, 0.15) is 5.82 Å². The highest BCUT2D eigenvalue weighted by Gasteiger charge is 2.17. The molecule has 1 unspecified atom stereocenters. The third kappa shape index (κ3) is 5.14. The summed E-state index contributed by atoms with van der Waals surface area (Å²) in [5.41, 5.74) is 0.952. The number of carbonyl (C=O) groups excluding carboxylic acids is 3. The first-order chi connectivity index (χ1) is 12.4. The Kier molecular flexibility index (Phi) is 6.43. The molecule has 1 amide bonds. The Morgan fingerprint density at radius 1 is 1.35 bits per heavy atom. The van der Waals surface area contributed by atoms with E-state index in [-0.39, 0.29) is 5.78 Å². The van der Waals surface area contributed by atoms with Gasteiger partial charge < -0.3 is 14.6 Å². The van der Waals surface area contributed by atoms with E-state index >= 15 is 0 Å². The summed E-state index contributed by atoms with van der Waals surface area (Å²) in [5.74, 6) is -0.600. The summed E-state index contributed by atoms with van der Waals surface area (Å²) in [5, 5.41) is 2.62. The summed E-state index contributed by atoms with van der Waals surface area (Å²) in [6.07, 6.45) is 5.22. The van der Waals surface area contributed by atoms with Gasteiger partial charge in [-0.3, -0.25) is 9.59 Å². The van der Waals surface area contributed by atoms with Crippen LogP contribution in [-0.2, 0) is 20.9 Å². The lowest BCUT2D eigenvalue weighted by atomic mass is 10.1. The number of anilines is 1. The van der Waals surface area contributed by atoms with Crippen LogP contribution in [0.4, 0.5) is 5.69 Å². The molecule has 1 aromatic heterocycles. The molecule has 0 aliphatic carbocycles. The summed E-state index contributed by atoms with van der Waals surface area (Å²) < 4.78 is 6.96. The standard InChI is InChI=1S/C19H21N3O4/c1-4-22-11-10-20-17(22)8-9-18(24)26-14(3)19(25)21-16-7-5-6-15(12-16)13(2)23/h5-12,14H,4H2,1-3H3,(H,21,25)/b9-8+. The van der Waals surface area contributed by atoms with E-state index in [1.165, 1.54) is 26.0 Å². The van der Waals surface area contributed by atoms with Crippen molar-refractivity contribution in [1.29, 1.82) is 0 Å². The van der Waals surface area contributed by atoms with Gasteiger partial charge in [0, 0.05) is 36.3 Å². The Labute approximate surface area is 151 Å². The van der Waals surface area contributed by atoms with Crippen molar-refractivity contribution in [3.05, 3.63) is 54.1 Å². The number of nitrogens with zero attached hydrogens (tertiary/aromatic N) is 2. The summed E-state index contributed by atoms with van der Waals surface area (Å²) in [4.78, 5) is 39.5. The topological polar surface area (TPSA) is 90.3 Å². The van der Waals surface area contributed by atoms with Gasteiger partial charge in [-0.15, -0.1) is 0 Å². The van der Waals surface area contributed by atoms with Crippen LogP contribution in [0.1, 0.15) is 37.0 Å². The quantitative estimate of drug-likeness (QED) is 0.468. The molecule has 1 aromatic carbocycles. The highest BCUT2D eigenvalue weighted by atomic mass is 16.5. The van der Waals surface area contributed by atoms with E-state index in [2.05, 4.69) is 10.3 Å². The molecule has 0 saturated carbocycles. The van der Waals surface area contributed by atoms with E-state index in [1.807, 2.05) is 11.5 Å². The average molecular weight is 355 g/mol. The number of hydrogen-bond acceptors (Lipinski definition) is 5. The fourth-order valence-electron chi connectivity index (χ4n) is 2.22. The van der Waals surface area contributed by atoms with Crippen LogP contribution in [0.5, 0.6) is 0 Å². The summed E-state index contributed by atoms with van der Waals surface area (Å²) >= 11 is 0. The SMILES string of the molecule is CCn1ccnc1/C=C/C(=O)OC(C)C(=O)Nc1cccc(C(C)=O)c1. The monoisotopic (exact) mass is 355 g/mol. The number of imidazole rings is 1. The van der Waals surface area contributed by atoms with Crippen LogP contribution < -0.4 is 5.32 Å². The van der Waals surface area contributed by atoms with Gasteiger partial charge in [-0.2, -0.15) is 0 Å². The third-order valence-corrected chi connectivity index (χ3v) is 3.66. The van der Waals surface area contributed by atoms with E-state index in [1.54, 1.807) is 36.7 Å². The van der Waals surface area contributed by atoms with Gasteiger partial charge in [-0.25, -0.2) is 9.78 Å². The van der Waals surface area contributed by atoms with Crippen molar-refractivity contribution in [3.63, 3.8) is 0 Å². The number of ketones is 1. The number of aromatic nitrogens is 2. The normalized spacial score (nSPS) is 12.0. The molecule has 7 nitrogen and oxygen atoms in total. The number of nitrogens with one attached hydrogen (secondary N) is 1. The van der Waals surface area contributed by atoms with Gasteiger partial charge in [0.25, 0.3) is 5.91 Å². The highest BCUT2D eigenvalue weighted by molar-refractivity contribution is 5.99. The van der Waals surface area contributed by atoms with Crippen molar-refractivity contribution in [1.82, 2.24) is 9.55 Å². The van der Waals surface area contributed by atoms with Crippen molar-refractivity contribution in [3.8, 4) is 0 Å². The number of Topliss-reactive ketones (excluding diaryl/α,β-unsaturated/α-hetero) is 1. The van der Waals surface area contributed by atoms with E-state index in [0.717, 1.165) is 6.54 Å². The van der Waals surface area contributed by atoms with E-state index in [4.69, 9.17) is 4.74 Å². The zero-order valence-corrected chi connectivity index (χ0v) is 14.9. The van der Waals surface area contributed by atoms with Crippen LogP contribution >= 0.6 is 0 Å². The maximum atomic E-state index is 12.1. The number of ether oxygens (including phenoxy) is 1.